The molecule has 0 aromatic carbocycles. The number of halogens is 1. The van der Waals surface area contributed by atoms with Crippen molar-refractivity contribution in [2.45, 2.75) is 46.3 Å². The Balaban J connectivity index is 2.46. The van der Waals surface area contributed by atoms with Gasteiger partial charge in [0.15, 0.2) is 11.5 Å². The van der Waals surface area contributed by atoms with E-state index >= 15 is 0 Å². The molecule has 0 atom stereocenters. The third-order valence-electron chi connectivity index (χ3n) is 2.63. The number of alkyl carbamates (subject to hydrolysis) is 1. The highest BCUT2D eigenvalue weighted by Gasteiger charge is 2.19. The monoisotopic (exact) mass is 314 g/mol. The van der Waals surface area contributed by atoms with Gasteiger partial charge in [-0.3, -0.25) is 0 Å². The van der Waals surface area contributed by atoms with Crippen molar-refractivity contribution in [3.05, 3.63) is 23.8 Å². The van der Waals surface area contributed by atoms with Crippen LogP contribution >= 0.6 is 0 Å². The fraction of sp³-hybridized carbons (Fsp3) is 0.600. The van der Waals surface area contributed by atoms with Crippen molar-refractivity contribution in [1.29, 1.82) is 0 Å². The van der Waals surface area contributed by atoms with Crippen LogP contribution in [-0.4, -0.2) is 35.4 Å². The van der Waals surface area contributed by atoms with Crippen molar-refractivity contribution in [1.82, 2.24) is 9.88 Å². The molecule has 0 unspecified atom stereocenters. The van der Waals surface area contributed by atoms with Crippen LogP contribution in [0.15, 0.2) is 12.3 Å². The Morgan fingerprint density at radius 3 is 2.64 bits per heavy atom. The third kappa shape index (κ3) is 5.75. The predicted octanol–water partition coefficient (Wildman–Crippen LogP) is 2.72. The van der Waals surface area contributed by atoms with Gasteiger partial charge in [0.2, 0.25) is 0 Å². The molecule has 0 aliphatic carbocycles. The molecule has 0 aliphatic heterocycles. The molecule has 7 heteroatoms. The van der Waals surface area contributed by atoms with Crippen molar-refractivity contribution < 1.29 is 23.5 Å². The summed E-state index contributed by atoms with van der Waals surface area (Å²) in [7, 11) is 0. The summed E-state index contributed by atoms with van der Waals surface area (Å²) in [5.41, 5.74) is -0.649. The Kier molecular flexibility index (Phi) is 6.39. The van der Waals surface area contributed by atoms with Crippen LogP contribution in [-0.2, 0) is 16.0 Å². The summed E-state index contributed by atoms with van der Waals surface area (Å²) >= 11 is 0. The molecule has 0 saturated heterocycles. The minimum absolute atomic E-state index is 0.0980. The van der Waals surface area contributed by atoms with Crippen LogP contribution in [0.2, 0.25) is 0 Å². The lowest BCUT2D eigenvalue weighted by atomic mass is 10.2. The van der Waals surface area contributed by atoms with Crippen LogP contribution in [0.3, 0.4) is 0 Å². The molecule has 1 N–H and O–H groups in total. The van der Waals surface area contributed by atoms with E-state index in [2.05, 4.69) is 5.32 Å². The molecule has 6 nitrogen and oxygen atoms in total. The minimum Gasteiger partial charge on any atom is -0.461 e. The lowest BCUT2D eigenvalue weighted by molar-refractivity contribution is 0.0498. The van der Waals surface area contributed by atoms with Crippen molar-refractivity contribution >= 4 is 12.1 Å². The first-order chi connectivity index (χ1) is 10.2. The van der Waals surface area contributed by atoms with E-state index in [-0.39, 0.29) is 12.3 Å². The number of ether oxygens (including phenoxy) is 2. The Bertz CT molecular complexity index is 520. The second-order valence-electron chi connectivity index (χ2n) is 5.71. The van der Waals surface area contributed by atoms with Gasteiger partial charge in [-0.05, 0) is 40.2 Å². The van der Waals surface area contributed by atoms with Crippen LogP contribution < -0.4 is 5.32 Å². The van der Waals surface area contributed by atoms with Crippen LogP contribution in [0, 0.1) is 5.82 Å². The van der Waals surface area contributed by atoms with E-state index in [0.717, 1.165) is 0 Å². The number of nitrogens with zero attached hydrogens (tertiary/aromatic N) is 1. The molecule has 1 amide bonds. The zero-order chi connectivity index (χ0) is 16.8. The van der Waals surface area contributed by atoms with Gasteiger partial charge in [0.1, 0.15) is 5.60 Å². The van der Waals surface area contributed by atoms with E-state index in [9.17, 15) is 14.0 Å². The third-order valence-corrected chi connectivity index (χ3v) is 2.63. The maximum atomic E-state index is 13.6. The maximum Gasteiger partial charge on any atom is 0.407 e. The number of aromatic nitrogens is 1. The fourth-order valence-corrected chi connectivity index (χ4v) is 1.80. The lowest BCUT2D eigenvalue weighted by Gasteiger charge is -2.19. The standard InChI is InChI=1S/C15H23FN2O4/c1-5-21-13(19)12-11(16)7-10-18(12)9-6-8-17-14(20)22-15(2,3)4/h7,10H,5-6,8-9H2,1-4H3,(H,17,20). The average Bonchev–Trinajstić information content (AvgIpc) is 2.74. The summed E-state index contributed by atoms with van der Waals surface area (Å²) in [4.78, 5) is 23.1. The first-order valence-corrected chi connectivity index (χ1v) is 7.23. The molecule has 124 valence electrons. The zero-order valence-corrected chi connectivity index (χ0v) is 13.4. The molecule has 0 saturated carbocycles. The molecule has 1 heterocycles. The molecule has 1 rings (SSSR count). The van der Waals surface area contributed by atoms with Gasteiger partial charge in [0, 0.05) is 19.3 Å². The number of rotatable bonds is 6. The summed E-state index contributed by atoms with van der Waals surface area (Å²) in [6.07, 6.45) is 1.51. The number of carbonyl (C=O) groups is 2. The number of esters is 1. The van der Waals surface area contributed by atoms with Crippen molar-refractivity contribution in [3.63, 3.8) is 0 Å². The van der Waals surface area contributed by atoms with Crippen LogP contribution in [0.4, 0.5) is 9.18 Å². The number of aryl methyl sites for hydroxylation is 1. The Labute approximate surface area is 129 Å². The summed E-state index contributed by atoms with van der Waals surface area (Å²) in [5, 5.41) is 2.61. The van der Waals surface area contributed by atoms with Crippen LogP contribution in [0.1, 0.15) is 44.6 Å². The highest BCUT2D eigenvalue weighted by atomic mass is 19.1. The van der Waals surface area contributed by atoms with Gasteiger partial charge in [-0.1, -0.05) is 0 Å². The smallest absolute Gasteiger partial charge is 0.407 e. The second kappa shape index (κ2) is 7.82. The number of hydrogen-bond donors (Lipinski definition) is 1. The number of hydrogen-bond acceptors (Lipinski definition) is 4. The molecule has 1 aromatic rings. The van der Waals surface area contributed by atoms with Gasteiger partial charge in [0.05, 0.1) is 6.61 Å². The molecule has 0 spiro atoms. The molecule has 0 radical (unpaired) electrons. The van der Waals surface area contributed by atoms with Crippen molar-refractivity contribution in [2.24, 2.45) is 0 Å². The maximum absolute atomic E-state index is 13.6. The van der Waals surface area contributed by atoms with Gasteiger partial charge in [0.25, 0.3) is 0 Å². The largest absolute Gasteiger partial charge is 0.461 e. The topological polar surface area (TPSA) is 69.6 Å². The molecular weight excluding hydrogens is 291 g/mol. The Morgan fingerprint density at radius 2 is 2.05 bits per heavy atom. The SMILES string of the molecule is CCOC(=O)c1c(F)ccn1CCCNC(=O)OC(C)(C)C. The molecule has 0 aliphatic rings. The van der Waals surface area contributed by atoms with Gasteiger partial charge < -0.3 is 19.4 Å². The van der Waals surface area contributed by atoms with Gasteiger partial charge in [-0.25, -0.2) is 14.0 Å². The quantitative estimate of drug-likeness (QED) is 0.647. The Morgan fingerprint density at radius 1 is 1.36 bits per heavy atom. The van der Waals surface area contributed by atoms with E-state index in [0.29, 0.717) is 19.5 Å². The van der Waals surface area contributed by atoms with Crippen LogP contribution in [0.5, 0.6) is 0 Å². The van der Waals surface area contributed by atoms with Gasteiger partial charge in [-0.15, -0.1) is 0 Å². The van der Waals surface area contributed by atoms with Crippen molar-refractivity contribution in [2.75, 3.05) is 13.2 Å². The number of amides is 1. The predicted molar refractivity (Wildman–Crippen MR) is 79.2 cm³/mol. The summed E-state index contributed by atoms with van der Waals surface area (Å²) in [5.74, 6) is -1.30. The second-order valence-corrected chi connectivity index (χ2v) is 5.71. The lowest BCUT2D eigenvalue weighted by Crippen LogP contribution is -2.33. The van der Waals surface area contributed by atoms with Gasteiger partial charge in [-0.2, -0.15) is 0 Å². The normalized spacial score (nSPS) is 11.1. The highest BCUT2D eigenvalue weighted by molar-refractivity contribution is 5.88. The van der Waals surface area contributed by atoms with E-state index in [1.165, 1.54) is 16.8 Å². The Hall–Kier alpha value is -2.05. The highest BCUT2D eigenvalue weighted by Crippen LogP contribution is 2.12. The van der Waals surface area contributed by atoms with E-state index < -0.39 is 23.5 Å². The van der Waals surface area contributed by atoms with Crippen LogP contribution in [0.25, 0.3) is 0 Å². The molecular formula is C15H23FN2O4. The van der Waals surface area contributed by atoms with Crippen molar-refractivity contribution in [3.8, 4) is 0 Å². The molecule has 0 bridgehead atoms. The van der Waals surface area contributed by atoms with E-state index in [4.69, 9.17) is 9.47 Å². The molecule has 0 fully saturated rings. The zero-order valence-electron chi connectivity index (χ0n) is 13.4. The molecule has 1 aromatic heterocycles. The summed E-state index contributed by atoms with van der Waals surface area (Å²) in [6, 6.07) is 1.22. The number of carbonyl (C=O) groups excluding carboxylic acids is 2. The summed E-state index contributed by atoms with van der Waals surface area (Å²) < 4.78 is 25.0. The minimum atomic E-state index is -0.690. The molecule has 22 heavy (non-hydrogen) atoms. The average molecular weight is 314 g/mol. The first kappa shape index (κ1) is 18.0. The first-order valence-electron chi connectivity index (χ1n) is 7.23. The van der Waals surface area contributed by atoms with E-state index in [1.807, 2.05) is 0 Å². The van der Waals surface area contributed by atoms with Gasteiger partial charge >= 0.3 is 12.1 Å². The summed E-state index contributed by atoms with van der Waals surface area (Å²) in [6.45, 7) is 7.92. The number of nitrogens with one attached hydrogen (secondary N) is 1. The van der Waals surface area contributed by atoms with E-state index in [1.54, 1.807) is 27.7 Å². The fourth-order valence-electron chi connectivity index (χ4n) is 1.80.